The molecule has 0 radical (unpaired) electrons. The Morgan fingerprint density at radius 2 is 1.74 bits per heavy atom. The van der Waals surface area contributed by atoms with Crippen molar-refractivity contribution in [1.82, 2.24) is 4.90 Å². The van der Waals surface area contributed by atoms with Gasteiger partial charge >= 0.3 is 0 Å². The highest BCUT2D eigenvalue weighted by Gasteiger charge is 2.36. The Labute approximate surface area is 159 Å². The lowest BCUT2D eigenvalue weighted by Gasteiger charge is -2.40. The van der Waals surface area contributed by atoms with Gasteiger partial charge in [0.2, 0.25) is 0 Å². The number of likely N-dealkylation sites (tertiary alicyclic amines) is 1. The van der Waals surface area contributed by atoms with E-state index in [1.807, 2.05) is 37.3 Å². The molecule has 3 rings (SSSR count). The molecule has 5 heteroatoms. The third-order valence-electron chi connectivity index (χ3n) is 5.45. The summed E-state index contributed by atoms with van der Waals surface area (Å²) in [7, 11) is 0. The highest BCUT2D eigenvalue weighted by atomic mass is 19.1. The molecule has 1 fully saturated rings. The van der Waals surface area contributed by atoms with Gasteiger partial charge in [-0.1, -0.05) is 60.2 Å². The van der Waals surface area contributed by atoms with Crippen molar-refractivity contribution < 1.29 is 14.3 Å². The Morgan fingerprint density at radius 3 is 2.33 bits per heavy atom. The molecule has 27 heavy (non-hydrogen) atoms. The Hall–Kier alpha value is -2.08. The first-order valence-electron chi connectivity index (χ1n) is 9.41. The second-order valence-corrected chi connectivity index (χ2v) is 7.44. The maximum absolute atomic E-state index is 14.7. The van der Waals surface area contributed by atoms with Crippen molar-refractivity contribution in [3.05, 3.63) is 71.3 Å². The molecule has 2 aromatic rings. The van der Waals surface area contributed by atoms with Crippen molar-refractivity contribution in [3.8, 4) is 0 Å². The van der Waals surface area contributed by atoms with Gasteiger partial charge in [0, 0.05) is 25.1 Å². The zero-order valence-corrected chi connectivity index (χ0v) is 15.6. The number of nitrogens with zero attached hydrogens (tertiary/aromatic N) is 1. The standard InChI is InChI=1S/C22H27FN2O2/c1-16-7-9-18(10-8-16)22(27)11-13-25(14-12-22)20(23)15-19(24)21(26)17-5-3-2-4-6-17/h2-10,19-20,27H,11-15,24H2,1H3. The number of ketones is 1. The third kappa shape index (κ3) is 4.61. The molecular formula is C22H27FN2O2. The van der Waals surface area contributed by atoms with Gasteiger partial charge in [-0.3, -0.25) is 9.69 Å². The second-order valence-electron chi connectivity index (χ2n) is 7.44. The van der Waals surface area contributed by atoms with E-state index in [1.165, 1.54) is 0 Å². The van der Waals surface area contributed by atoms with Gasteiger partial charge in [-0.25, -0.2) is 4.39 Å². The molecule has 0 spiro atoms. The normalized spacial score (nSPS) is 19.4. The van der Waals surface area contributed by atoms with E-state index in [0.29, 0.717) is 31.5 Å². The second kappa shape index (κ2) is 8.30. The molecule has 0 bridgehead atoms. The molecule has 144 valence electrons. The Bertz CT molecular complexity index is 756. The Kier molecular flexibility index (Phi) is 6.05. The highest BCUT2D eigenvalue weighted by molar-refractivity contribution is 5.99. The molecule has 3 N–H and O–H groups in total. The van der Waals surface area contributed by atoms with Crippen molar-refractivity contribution in [2.75, 3.05) is 13.1 Å². The molecule has 1 aliphatic rings. The molecule has 2 atom stereocenters. The van der Waals surface area contributed by atoms with Crippen molar-refractivity contribution >= 4 is 5.78 Å². The molecule has 4 nitrogen and oxygen atoms in total. The van der Waals surface area contributed by atoms with Gasteiger partial charge in [0.1, 0.15) is 0 Å². The Balaban J connectivity index is 1.56. The molecular weight excluding hydrogens is 343 g/mol. The number of piperidine rings is 1. The van der Waals surface area contributed by atoms with Crippen LogP contribution >= 0.6 is 0 Å². The van der Waals surface area contributed by atoms with Gasteiger partial charge in [0.15, 0.2) is 12.1 Å². The van der Waals surface area contributed by atoms with Crippen LogP contribution in [0.5, 0.6) is 0 Å². The molecule has 1 aliphatic heterocycles. The lowest BCUT2D eigenvalue weighted by Crippen LogP contribution is -2.48. The summed E-state index contributed by atoms with van der Waals surface area (Å²) in [6, 6.07) is 15.7. The summed E-state index contributed by atoms with van der Waals surface area (Å²) in [6.45, 7) is 2.86. The molecule has 1 heterocycles. The number of aryl methyl sites for hydroxylation is 1. The van der Waals surface area contributed by atoms with Crippen LogP contribution in [0.4, 0.5) is 4.39 Å². The molecule has 2 aromatic carbocycles. The van der Waals surface area contributed by atoms with Crippen LogP contribution in [0.25, 0.3) is 0 Å². The quantitative estimate of drug-likeness (QED) is 0.605. The van der Waals surface area contributed by atoms with Gasteiger partial charge < -0.3 is 10.8 Å². The maximum atomic E-state index is 14.7. The van der Waals surface area contributed by atoms with Crippen LogP contribution in [0.3, 0.4) is 0 Å². The first-order valence-corrected chi connectivity index (χ1v) is 9.41. The van der Waals surface area contributed by atoms with Crippen LogP contribution in [0.1, 0.15) is 40.7 Å². The van der Waals surface area contributed by atoms with Gasteiger partial charge in [-0.2, -0.15) is 0 Å². The van der Waals surface area contributed by atoms with Gasteiger partial charge in [-0.15, -0.1) is 0 Å². The smallest absolute Gasteiger partial charge is 0.179 e. The molecule has 0 aromatic heterocycles. The number of nitrogens with two attached hydrogens (primary N) is 1. The number of carbonyl (C=O) groups is 1. The predicted molar refractivity (Wildman–Crippen MR) is 104 cm³/mol. The fraction of sp³-hybridized carbons (Fsp3) is 0.409. The number of aliphatic hydroxyl groups is 1. The number of carbonyl (C=O) groups excluding carboxylic acids is 1. The van der Waals surface area contributed by atoms with E-state index in [1.54, 1.807) is 29.2 Å². The largest absolute Gasteiger partial charge is 0.385 e. The number of halogens is 1. The minimum absolute atomic E-state index is 0.0450. The van der Waals surface area contributed by atoms with Gasteiger partial charge in [0.25, 0.3) is 0 Å². The van der Waals surface area contributed by atoms with Crippen LogP contribution in [0, 0.1) is 6.92 Å². The lowest BCUT2D eigenvalue weighted by atomic mass is 9.84. The number of alkyl halides is 1. The van der Waals surface area contributed by atoms with E-state index in [-0.39, 0.29) is 12.2 Å². The monoisotopic (exact) mass is 370 g/mol. The third-order valence-corrected chi connectivity index (χ3v) is 5.45. The van der Waals surface area contributed by atoms with Crippen LogP contribution in [0.2, 0.25) is 0 Å². The lowest BCUT2D eigenvalue weighted by molar-refractivity contribution is -0.0563. The first kappa shape index (κ1) is 19.7. The fourth-order valence-electron chi connectivity index (χ4n) is 3.61. The van der Waals surface area contributed by atoms with Crippen LogP contribution in [0.15, 0.2) is 54.6 Å². The number of hydrogen-bond donors (Lipinski definition) is 2. The molecule has 2 unspecified atom stereocenters. The summed E-state index contributed by atoms with van der Waals surface area (Å²) in [5.74, 6) is -0.244. The minimum atomic E-state index is -1.30. The minimum Gasteiger partial charge on any atom is -0.385 e. The van der Waals surface area contributed by atoms with E-state index >= 15 is 0 Å². The summed E-state index contributed by atoms with van der Waals surface area (Å²) in [5.41, 5.74) is 7.54. The van der Waals surface area contributed by atoms with E-state index < -0.39 is 17.9 Å². The summed E-state index contributed by atoms with van der Waals surface area (Å²) in [5, 5.41) is 10.9. The average molecular weight is 370 g/mol. The SMILES string of the molecule is Cc1ccc(C2(O)CCN(C(F)CC(N)C(=O)c3ccccc3)CC2)cc1. The van der Waals surface area contributed by atoms with Crippen molar-refractivity contribution in [3.63, 3.8) is 0 Å². The van der Waals surface area contributed by atoms with E-state index in [4.69, 9.17) is 5.73 Å². The van der Waals surface area contributed by atoms with Gasteiger partial charge in [0.05, 0.1) is 11.6 Å². The van der Waals surface area contributed by atoms with E-state index in [9.17, 15) is 14.3 Å². The molecule has 1 saturated heterocycles. The molecule has 0 amide bonds. The topological polar surface area (TPSA) is 66.6 Å². The van der Waals surface area contributed by atoms with Crippen molar-refractivity contribution in [2.45, 2.75) is 44.1 Å². The number of hydrogen-bond acceptors (Lipinski definition) is 4. The molecule has 0 saturated carbocycles. The fourth-order valence-corrected chi connectivity index (χ4v) is 3.61. The van der Waals surface area contributed by atoms with Crippen molar-refractivity contribution in [1.29, 1.82) is 0 Å². The maximum Gasteiger partial charge on any atom is 0.179 e. The van der Waals surface area contributed by atoms with E-state index in [2.05, 4.69) is 0 Å². The Morgan fingerprint density at radius 1 is 1.15 bits per heavy atom. The summed E-state index contributed by atoms with van der Waals surface area (Å²) in [6.07, 6.45) is -0.428. The van der Waals surface area contributed by atoms with Crippen molar-refractivity contribution in [2.24, 2.45) is 5.73 Å². The van der Waals surface area contributed by atoms with E-state index in [0.717, 1.165) is 11.1 Å². The molecule has 0 aliphatic carbocycles. The number of rotatable bonds is 6. The average Bonchev–Trinajstić information content (AvgIpc) is 2.69. The highest BCUT2D eigenvalue weighted by Crippen LogP contribution is 2.34. The van der Waals surface area contributed by atoms with Crippen LogP contribution < -0.4 is 5.73 Å². The van der Waals surface area contributed by atoms with Gasteiger partial charge in [-0.05, 0) is 25.3 Å². The number of Topliss-reactive ketones (excluding diaryl/α,β-unsaturated/α-hetero) is 1. The summed E-state index contributed by atoms with van der Waals surface area (Å²) in [4.78, 5) is 14.0. The first-order chi connectivity index (χ1) is 12.9. The zero-order chi connectivity index (χ0) is 19.4. The summed E-state index contributed by atoms with van der Waals surface area (Å²) < 4.78 is 14.7. The van der Waals surface area contributed by atoms with Crippen LogP contribution in [-0.2, 0) is 5.60 Å². The number of benzene rings is 2. The predicted octanol–water partition coefficient (Wildman–Crippen LogP) is 3.17. The summed E-state index contributed by atoms with van der Waals surface area (Å²) >= 11 is 0. The van der Waals surface area contributed by atoms with Crippen LogP contribution in [-0.4, -0.2) is 41.2 Å². The zero-order valence-electron chi connectivity index (χ0n) is 15.6.